The van der Waals surface area contributed by atoms with Crippen LogP contribution in [0.5, 0.6) is 5.75 Å². The highest BCUT2D eigenvalue weighted by atomic mass is 16.5. The molecule has 0 atom stereocenters. The number of aldehydes is 1. The van der Waals surface area contributed by atoms with E-state index in [9.17, 15) is 9.59 Å². The molecule has 2 rings (SSSR count). The minimum atomic E-state index is -0.122. The molecule has 0 N–H and O–H groups in total. The molecule has 1 saturated carbocycles. The topological polar surface area (TPSA) is 43.4 Å². The second-order valence-corrected chi connectivity index (χ2v) is 5.97. The first-order valence-electron chi connectivity index (χ1n) is 8.00. The molecule has 114 valence electrons. The second kappa shape index (κ2) is 7.96. The van der Waals surface area contributed by atoms with Crippen molar-refractivity contribution in [1.29, 1.82) is 0 Å². The van der Waals surface area contributed by atoms with Crippen LogP contribution in [0.1, 0.15) is 62.2 Å². The summed E-state index contributed by atoms with van der Waals surface area (Å²) in [5, 5.41) is 0. The molecule has 0 heterocycles. The molecule has 1 aromatic rings. The quantitative estimate of drug-likeness (QED) is 0.442. The number of hydrogen-bond acceptors (Lipinski definition) is 3. The SMILES string of the molecule is CCCC[C@H]1CC[C@H](C(=O)Oc2ccc(C=O)cc2)CC1. The van der Waals surface area contributed by atoms with Crippen molar-refractivity contribution < 1.29 is 14.3 Å². The van der Waals surface area contributed by atoms with Crippen LogP contribution in [0.15, 0.2) is 24.3 Å². The second-order valence-electron chi connectivity index (χ2n) is 5.97. The average molecular weight is 288 g/mol. The molecule has 0 aromatic heterocycles. The van der Waals surface area contributed by atoms with Crippen molar-refractivity contribution in [3.8, 4) is 5.75 Å². The van der Waals surface area contributed by atoms with E-state index in [0.717, 1.165) is 37.9 Å². The van der Waals surface area contributed by atoms with Crippen LogP contribution in [0.25, 0.3) is 0 Å². The summed E-state index contributed by atoms with van der Waals surface area (Å²) >= 11 is 0. The van der Waals surface area contributed by atoms with Gasteiger partial charge < -0.3 is 4.74 Å². The molecule has 0 amide bonds. The lowest BCUT2D eigenvalue weighted by Gasteiger charge is -2.27. The van der Waals surface area contributed by atoms with E-state index in [0.29, 0.717) is 11.3 Å². The van der Waals surface area contributed by atoms with Gasteiger partial charge in [0.2, 0.25) is 0 Å². The fourth-order valence-electron chi connectivity index (χ4n) is 2.99. The molecular weight excluding hydrogens is 264 g/mol. The van der Waals surface area contributed by atoms with Crippen molar-refractivity contribution >= 4 is 12.3 Å². The first kappa shape index (κ1) is 15.7. The highest BCUT2D eigenvalue weighted by Gasteiger charge is 2.27. The molecule has 3 heteroatoms. The highest BCUT2D eigenvalue weighted by Crippen LogP contribution is 2.32. The van der Waals surface area contributed by atoms with Crippen LogP contribution < -0.4 is 4.74 Å². The van der Waals surface area contributed by atoms with Crippen LogP contribution >= 0.6 is 0 Å². The van der Waals surface area contributed by atoms with E-state index in [1.54, 1.807) is 24.3 Å². The normalized spacial score (nSPS) is 21.8. The predicted octanol–water partition coefficient (Wildman–Crippen LogP) is 4.40. The van der Waals surface area contributed by atoms with Gasteiger partial charge >= 0.3 is 5.97 Å². The monoisotopic (exact) mass is 288 g/mol. The number of esters is 1. The molecule has 0 radical (unpaired) electrons. The first-order chi connectivity index (χ1) is 10.2. The minimum Gasteiger partial charge on any atom is -0.426 e. The van der Waals surface area contributed by atoms with Gasteiger partial charge in [-0.3, -0.25) is 9.59 Å². The Morgan fingerprint density at radius 1 is 1.19 bits per heavy atom. The molecule has 3 nitrogen and oxygen atoms in total. The van der Waals surface area contributed by atoms with Gasteiger partial charge in [0, 0.05) is 5.56 Å². The van der Waals surface area contributed by atoms with Crippen LogP contribution in [0.3, 0.4) is 0 Å². The molecule has 1 aliphatic rings. The molecule has 1 aromatic carbocycles. The molecule has 1 aliphatic carbocycles. The summed E-state index contributed by atoms with van der Waals surface area (Å²) in [4.78, 5) is 22.7. The zero-order valence-corrected chi connectivity index (χ0v) is 12.7. The fourth-order valence-corrected chi connectivity index (χ4v) is 2.99. The summed E-state index contributed by atoms with van der Waals surface area (Å²) in [6.07, 6.45) is 8.79. The van der Waals surface area contributed by atoms with Crippen molar-refractivity contribution in [2.75, 3.05) is 0 Å². The van der Waals surface area contributed by atoms with Gasteiger partial charge in [0.15, 0.2) is 0 Å². The Labute approximate surface area is 126 Å². The summed E-state index contributed by atoms with van der Waals surface area (Å²) in [6, 6.07) is 6.68. The number of hydrogen-bond donors (Lipinski definition) is 0. The Hall–Kier alpha value is -1.64. The lowest BCUT2D eigenvalue weighted by atomic mass is 9.80. The highest BCUT2D eigenvalue weighted by molar-refractivity contribution is 5.77. The maximum Gasteiger partial charge on any atom is 0.314 e. The third-order valence-corrected chi connectivity index (χ3v) is 4.38. The van der Waals surface area contributed by atoms with Crippen LogP contribution in [0, 0.1) is 11.8 Å². The van der Waals surface area contributed by atoms with Crippen LogP contribution in [0.4, 0.5) is 0 Å². The molecule has 0 unspecified atom stereocenters. The van der Waals surface area contributed by atoms with E-state index < -0.39 is 0 Å². The van der Waals surface area contributed by atoms with Crippen molar-refractivity contribution in [3.05, 3.63) is 29.8 Å². The Morgan fingerprint density at radius 3 is 2.43 bits per heavy atom. The summed E-state index contributed by atoms with van der Waals surface area (Å²) in [6.45, 7) is 2.22. The molecule has 21 heavy (non-hydrogen) atoms. The largest absolute Gasteiger partial charge is 0.426 e. The Morgan fingerprint density at radius 2 is 1.86 bits per heavy atom. The Balaban J connectivity index is 1.80. The van der Waals surface area contributed by atoms with Crippen LogP contribution in [0.2, 0.25) is 0 Å². The standard InChI is InChI=1S/C18H24O3/c1-2-3-4-14-5-9-16(10-6-14)18(20)21-17-11-7-15(13-19)8-12-17/h7-8,11-14,16H,2-6,9-10H2,1H3/t14-,16-. The van der Waals surface area contributed by atoms with Gasteiger partial charge in [0.05, 0.1) is 5.92 Å². The van der Waals surface area contributed by atoms with Gasteiger partial charge in [-0.1, -0.05) is 26.2 Å². The molecule has 0 saturated heterocycles. The lowest BCUT2D eigenvalue weighted by molar-refractivity contribution is -0.140. The van der Waals surface area contributed by atoms with E-state index in [1.807, 2.05) is 0 Å². The van der Waals surface area contributed by atoms with E-state index in [4.69, 9.17) is 4.74 Å². The fraction of sp³-hybridized carbons (Fsp3) is 0.556. The smallest absolute Gasteiger partial charge is 0.314 e. The molecule has 0 spiro atoms. The van der Waals surface area contributed by atoms with E-state index >= 15 is 0 Å². The Kier molecular flexibility index (Phi) is 5.97. The van der Waals surface area contributed by atoms with E-state index in [1.165, 1.54) is 19.3 Å². The van der Waals surface area contributed by atoms with Crippen molar-refractivity contribution in [2.24, 2.45) is 11.8 Å². The first-order valence-corrected chi connectivity index (χ1v) is 8.00. The number of rotatable bonds is 6. The molecule has 0 aliphatic heterocycles. The zero-order chi connectivity index (χ0) is 15.1. The van der Waals surface area contributed by atoms with E-state index in [2.05, 4.69) is 6.92 Å². The Bertz CT molecular complexity index is 456. The van der Waals surface area contributed by atoms with Crippen molar-refractivity contribution in [2.45, 2.75) is 51.9 Å². The lowest BCUT2D eigenvalue weighted by Crippen LogP contribution is -2.25. The van der Waals surface area contributed by atoms with Crippen molar-refractivity contribution in [3.63, 3.8) is 0 Å². The molecule has 1 fully saturated rings. The van der Waals surface area contributed by atoms with Crippen molar-refractivity contribution in [1.82, 2.24) is 0 Å². The maximum absolute atomic E-state index is 12.2. The predicted molar refractivity (Wildman–Crippen MR) is 82.4 cm³/mol. The maximum atomic E-state index is 12.2. The minimum absolute atomic E-state index is 0.0358. The third kappa shape index (κ3) is 4.69. The van der Waals surface area contributed by atoms with Crippen LogP contribution in [-0.2, 0) is 4.79 Å². The van der Waals surface area contributed by atoms with E-state index in [-0.39, 0.29) is 11.9 Å². The average Bonchev–Trinajstić information content (AvgIpc) is 2.54. The number of ether oxygens (including phenoxy) is 1. The summed E-state index contributed by atoms with van der Waals surface area (Å²) < 4.78 is 5.41. The van der Waals surface area contributed by atoms with Crippen LogP contribution in [-0.4, -0.2) is 12.3 Å². The summed E-state index contributed by atoms with van der Waals surface area (Å²) in [7, 11) is 0. The zero-order valence-electron chi connectivity index (χ0n) is 12.7. The van der Waals surface area contributed by atoms with Gasteiger partial charge in [0.25, 0.3) is 0 Å². The molecular formula is C18H24O3. The van der Waals surface area contributed by atoms with Gasteiger partial charge in [-0.15, -0.1) is 0 Å². The third-order valence-electron chi connectivity index (χ3n) is 4.38. The number of benzene rings is 1. The number of unbranched alkanes of at least 4 members (excludes halogenated alkanes) is 1. The van der Waals surface area contributed by atoms with Gasteiger partial charge in [-0.2, -0.15) is 0 Å². The number of carbonyl (C=O) groups excluding carboxylic acids is 2. The summed E-state index contributed by atoms with van der Waals surface area (Å²) in [5.41, 5.74) is 0.589. The summed E-state index contributed by atoms with van der Waals surface area (Å²) in [5.74, 6) is 1.23. The molecule has 0 bridgehead atoms. The number of carbonyl (C=O) groups is 2. The van der Waals surface area contributed by atoms with Gasteiger partial charge in [-0.25, -0.2) is 0 Å². The van der Waals surface area contributed by atoms with Gasteiger partial charge in [-0.05, 0) is 55.9 Å². The van der Waals surface area contributed by atoms with Gasteiger partial charge in [0.1, 0.15) is 12.0 Å².